The number of amides is 5. The van der Waals surface area contributed by atoms with Gasteiger partial charge in [0.15, 0.2) is 0 Å². The van der Waals surface area contributed by atoms with Gasteiger partial charge in [0.05, 0.1) is 7.11 Å². The molecule has 4 rings (SSSR count). The van der Waals surface area contributed by atoms with Crippen LogP contribution in [-0.4, -0.2) is 90.8 Å². The van der Waals surface area contributed by atoms with Gasteiger partial charge in [0.25, 0.3) is 0 Å². The maximum atomic E-state index is 14.1. The molecular weight excluding hydrogens is 578 g/mol. The number of nitrogens with zero attached hydrogens (tertiary/aromatic N) is 2. The maximum absolute atomic E-state index is 14.1. The van der Waals surface area contributed by atoms with E-state index in [9.17, 15) is 24.0 Å². The summed E-state index contributed by atoms with van der Waals surface area (Å²) in [6.07, 6.45) is 3.51. The topological polar surface area (TPSA) is 146 Å². The molecule has 5 atom stereocenters. The van der Waals surface area contributed by atoms with Crippen LogP contribution in [0.4, 0.5) is 0 Å². The Morgan fingerprint density at radius 2 is 1.87 bits per heavy atom. The van der Waals surface area contributed by atoms with Crippen LogP contribution in [0, 0.1) is 5.92 Å². The predicted molar refractivity (Wildman–Crippen MR) is 167 cm³/mol. The molecule has 0 aromatic heterocycles. The Labute approximate surface area is 263 Å². The average Bonchev–Trinajstić information content (AvgIpc) is 3.45. The van der Waals surface area contributed by atoms with Crippen molar-refractivity contribution >= 4 is 36.1 Å². The first-order chi connectivity index (χ1) is 21.5. The summed E-state index contributed by atoms with van der Waals surface area (Å²) < 4.78 is 11.8. The van der Waals surface area contributed by atoms with E-state index < -0.39 is 53.9 Å². The van der Waals surface area contributed by atoms with Crippen LogP contribution in [-0.2, 0) is 30.4 Å². The Balaban J connectivity index is 1.70. The fourth-order valence-corrected chi connectivity index (χ4v) is 5.41. The van der Waals surface area contributed by atoms with E-state index in [0.717, 1.165) is 5.56 Å². The first-order valence-corrected chi connectivity index (χ1v) is 15.0. The smallest absolute Gasteiger partial charge is 0.247 e. The van der Waals surface area contributed by atoms with Gasteiger partial charge in [0.2, 0.25) is 30.0 Å². The van der Waals surface area contributed by atoms with E-state index in [1.165, 1.54) is 30.2 Å². The zero-order valence-corrected chi connectivity index (χ0v) is 26.2. The summed E-state index contributed by atoms with van der Waals surface area (Å²) in [5.41, 5.74) is 1.48. The summed E-state index contributed by atoms with van der Waals surface area (Å²) in [5.74, 6) is -1.27. The molecule has 1 fully saturated rings. The number of likely N-dealkylation sites (N-methyl/N-ethyl adjacent to an activating group) is 1. The molecule has 2 aliphatic heterocycles. The summed E-state index contributed by atoms with van der Waals surface area (Å²) in [7, 11) is 3.02. The van der Waals surface area contributed by atoms with Gasteiger partial charge in [-0.15, -0.1) is 0 Å². The predicted octanol–water partition coefficient (Wildman–Crippen LogP) is 1.49. The van der Waals surface area contributed by atoms with Gasteiger partial charge in [-0.25, -0.2) is 0 Å². The molecule has 45 heavy (non-hydrogen) atoms. The van der Waals surface area contributed by atoms with Gasteiger partial charge in [0.1, 0.15) is 41.8 Å². The molecule has 2 aliphatic rings. The first-order valence-electron chi connectivity index (χ1n) is 15.0. The van der Waals surface area contributed by atoms with E-state index in [1.807, 2.05) is 30.3 Å². The Bertz CT molecular complexity index is 1430. The molecule has 0 unspecified atom stereocenters. The number of rotatable bonds is 9. The lowest BCUT2D eigenvalue weighted by molar-refractivity contribution is -0.145. The molecule has 2 bridgehead atoms. The average molecular weight is 620 g/mol. The highest BCUT2D eigenvalue weighted by atomic mass is 16.5. The van der Waals surface area contributed by atoms with Gasteiger partial charge in [-0.2, -0.15) is 0 Å². The van der Waals surface area contributed by atoms with Crippen molar-refractivity contribution in [3.05, 3.63) is 65.9 Å². The van der Waals surface area contributed by atoms with Gasteiger partial charge in [-0.3, -0.25) is 24.0 Å². The number of likely N-dealkylation sites (tertiary alicyclic amines) is 1. The van der Waals surface area contributed by atoms with Gasteiger partial charge in [-0.05, 0) is 42.7 Å². The molecule has 240 valence electrons. The van der Waals surface area contributed by atoms with Crippen LogP contribution in [0.15, 0.2) is 54.7 Å². The van der Waals surface area contributed by atoms with Crippen molar-refractivity contribution in [3.63, 3.8) is 0 Å². The number of ether oxygens (including phenoxy) is 2. The molecule has 1 saturated heterocycles. The van der Waals surface area contributed by atoms with Crippen LogP contribution in [0.25, 0.3) is 6.08 Å². The van der Waals surface area contributed by atoms with Crippen molar-refractivity contribution in [1.29, 1.82) is 0 Å². The SMILES string of the molecule is COc1ccc2cc1/C=C/NC(=O)[C@H](Cc1ccccc1)NC(=O)[C@@H]1[C@@H](CCN1C(=O)[C@H](NC(=O)[C@H](C)N(C)C=O)C(C)C)O2. The van der Waals surface area contributed by atoms with Crippen molar-refractivity contribution < 1.29 is 33.4 Å². The maximum Gasteiger partial charge on any atom is 0.247 e. The van der Waals surface area contributed by atoms with Crippen LogP contribution in [0.1, 0.15) is 38.3 Å². The summed E-state index contributed by atoms with van der Waals surface area (Å²) >= 11 is 0. The molecule has 0 spiro atoms. The lowest BCUT2D eigenvalue weighted by atomic mass is 10.0. The Hall–Kier alpha value is -4.87. The number of benzene rings is 2. The van der Waals surface area contributed by atoms with Gasteiger partial charge >= 0.3 is 0 Å². The van der Waals surface area contributed by atoms with E-state index in [4.69, 9.17) is 9.47 Å². The number of carbonyl (C=O) groups is 5. The molecule has 5 amide bonds. The molecule has 12 heteroatoms. The van der Waals surface area contributed by atoms with E-state index in [-0.39, 0.29) is 18.9 Å². The second-order valence-corrected chi connectivity index (χ2v) is 11.6. The lowest BCUT2D eigenvalue weighted by Crippen LogP contribution is -2.60. The summed E-state index contributed by atoms with van der Waals surface area (Å²) in [5, 5.41) is 8.40. The lowest BCUT2D eigenvalue weighted by Gasteiger charge is -2.33. The van der Waals surface area contributed by atoms with Gasteiger partial charge in [0, 0.05) is 38.2 Å². The Kier molecular flexibility index (Phi) is 10.8. The number of methoxy groups -OCH3 is 1. The zero-order valence-electron chi connectivity index (χ0n) is 26.2. The van der Waals surface area contributed by atoms with Gasteiger partial charge < -0.3 is 35.2 Å². The minimum absolute atomic E-state index is 0.183. The number of carbonyl (C=O) groups excluding carboxylic acids is 5. The zero-order chi connectivity index (χ0) is 32.7. The Morgan fingerprint density at radius 1 is 1.13 bits per heavy atom. The second kappa shape index (κ2) is 14.7. The normalized spacial score (nSPS) is 21.7. The molecule has 2 heterocycles. The van der Waals surface area contributed by atoms with Crippen LogP contribution >= 0.6 is 0 Å². The number of hydrogen-bond acceptors (Lipinski definition) is 7. The summed E-state index contributed by atoms with van der Waals surface area (Å²) in [6.45, 7) is 5.32. The minimum atomic E-state index is -1.10. The van der Waals surface area contributed by atoms with Gasteiger partial charge in [-0.1, -0.05) is 44.2 Å². The molecule has 12 nitrogen and oxygen atoms in total. The monoisotopic (exact) mass is 619 g/mol. The molecule has 2 aromatic carbocycles. The second-order valence-electron chi connectivity index (χ2n) is 11.6. The third kappa shape index (κ3) is 7.81. The van der Waals surface area contributed by atoms with Crippen LogP contribution in [0.3, 0.4) is 0 Å². The van der Waals surface area contributed by atoms with E-state index in [2.05, 4.69) is 16.0 Å². The van der Waals surface area contributed by atoms with Crippen molar-refractivity contribution in [2.24, 2.45) is 5.92 Å². The van der Waals surface area contributed by atoms with Crippen LogP contribution in [0.2, 0.25) is 0 Å². The molecule has 0 aliphatic carbocycles. The highest BCUT2D eigenvalue weighted by Crippen LogP contribution is 2.30. The van der Waals surface area contributed by atoms with E-state index in [0.29, 0.717) is 29.9 Å². The largest absolute Gasteiger partial charge is 0.496 e. The highest BCUT2D eigenvalue weighted by Gasteiger charge is 2.46. The molecular formula is C33H41N5O7. The van der Waals surface area contributed by atoms with Crippen molar-refractivity contribution in [1.82, 2.24) is 25.8 Å². The van der Waals surface area contributed by atoms with Crippen LogP contribution < -0.4 is 25.4 Å². The molecule has 2 aromatic rings. The number of fused-ring (bicyclic) bond motifs is 3. The van der Waals surface area contributed by atoms with Crippen molar-refractivity contribution in [2.45, 2.75) is 63.9 Å². The summed E-state index contributed by atoms with van der Waals surface area (Å²) in [6, 6.07) is 10.6. The number of nitrogens with one attached hydrogen (secondary N) is 3. The Morgan fingerprint density at radius 3 is 2.53 bits per heavy atom. The molecule has 0 radical (unpaired) electrons. The standard InChI is InChI=1S/C33H41N5O7/c1-20(2)28(36-30(40)21(3)37(4)19-39)33(43)38-16-14-27-29(38)32(42)35-25(17-22-9-7-6-8-10-22)31(41)34-15-13-23-18-24(45-27)11-12-26(23)44-5/h6-13,15,18-21,25,27-29H,14,16-17H2,1-5H3,(H,34,41)(H,35,42)(H,36,40)/b15-13+/t21-,25-,27+,28+,29-/m0/s1. The fourth-order valence-electron chi connectivity index (χ4n) is 5.41. The quantitative estimate of drug-likeness (QED) is 0.361. The molecule has 0 saturated carbocycles. The van der Waals surface area contributed by atoms with E-state index in [1.54, 1.807) is 45.0 Å². The van der Waals surface area contributed by atoms with Crippen molar-refractivity contribution in [2.75, 3.05) is 20.7 Å². The van der Waals surface area contributed by atoms with Crippen molar-refractivity contribution in [3.8, 4) is 11.5 Å². The fraction of sp³-hybridized carbons (Fsp3) is 0.424. The van der Waals surface area contributed by atoms with E-state index >= 15 is 0 Å². The first kappa shape index (κ1) is 33.0. The van der Waals surface area contributed by atoms with Crippen LogP contribution in [0.5, 0.6) is 11.5 Å². The highest BCUT2D eigenvalue weighted by molar-refractivity contribution is 5.96. The minimum Gasteiger partial charge on any atom is -0.496 e. The third-order valence-corrected chi connectivity index (χ3v) is 8.17. The summed E-state index contributed by atoms with van der Waals surface area (Å²) in [4.78, 5) is 68.4. The number of hydrogen-bond donors (Lipinski definition) is 3. The molecule has 3 N–H and O–H groups in total. The third-order valence-electron chi connectivity index (χ3n) is 8.17.